The van der Waals surface area contributed by atoms with E-state index in [1.807, 2.05) is 24.3 Å². The van der Waals surface area contributed by atoms with Gasteiger partial charge in [0.2, 0.25) is 0 Å². The van der Waals surface area contributed by atoms with Crippen LogP contribution in [0.25, 0.3) is 11.3 Å². The number of hydrogen-bond donors (Lipinski definition) is 2. The standard InChI is InChI=1S/C16H19NO4.ClH/c1-2-20-16(19)13-5-3-12(4-6-13)15-8-7-14(21-15)11-17-9-10-18;/h3-8,17-18H,2,9-11H2,1H3;1H. The lowest BCUT2D eigenvalue weighted by Gasteiger charge is -2.03. The van der Waals surface area contributed by atoms with E-state index in [4.69, 9.17) is 14.3 Å². The summed E-state index contributed by atoms with van der Waals surface area (Å²) in [6, 6.07) is 10.9. The second kappa shape index (κ2) is 9.25. The topological polar surface area (TPSA) is 71.7 Å². The highest BCUT2D eigenvalue weighted by molar-refractivity contribution is 5.89. The summed E-state index contributed by atoms with van der Waals surface area (Å²) in [5, 5.41) is 11.8. The number of furan rings is 1. The van der Waals surface area contributed by atoms with Crippen LogP contribution in [0.4, 0.5) is 0 Å². The largest absolute Gasteiger partial charge is 0.462 e. The molecule has 1 heterocycles. The minimum Gasteiger partial charge on any atom is -0.462 e. The Hall–Kier alpha value is -1.82. The molecule has 2 aromatic rings. The van der Waals surface area contributed by atoms with Crippen LogP contribution in [0.5, 0.6) is 0 Å². The SMILES string of the molecule is CCOC(=O)c1ccc(-c2ccc(CNCCO)o2)cc1.Cl. The Morgan fingerprint density at radius 3 is 2.59 bits per heavy atom. The van der Waals surface area contributed by atoms with Crippen LogP contribution in [0.2, 0.25) is 0 Å². The summed E-state index contributed by atoms with van der Waals surface area (Å²) in [5.41, 5.74) is 1.42. The molecule has 1 aromatic heterocycles. The van der Waals surface area contributed by atoms with E-state index >= 15 is 0 Å². The average molecular weight is 326 g/mol. The number of hydrogen-bond acceptors (Lipinski definition) is 5. The van der Waals surface area contributed by atoms with Gasteiger partial charge in [-0.3, -0.25) is 0 Å². The first-order valence-corrected chi connectivity index (χ1v) is 6.92. The zero-order valence-electron chi connectivity index (χ0n) is 12.4. The van der Waals surface area contributed by atoms with Gasteiger partial charge < -0.3 is 19.6 Å². The Morgan fingerprint density at radius 2 is 1.95 bits per heavy atom. The van der Waals surface area contributed by atoms with Gasteiger partial charge >= 0.3 is 5.97 Å². The Bertz CT molecular complexity index is 580. The highest BCUT2D eigenvalue weighted by Gasteiger charge is 2.08. The Kier molecular flexibility index (Phi) is 7.66. The molecule has 0 aliphatic carbocycles. The second-order valence-corrected chi connectivity index (χ2v) is 4.46. The number of halogens is 1. The van der Waals surface area contributed by atoms with Crippen LogP contribution in [-0.2, 0) is 11.3 Å². The molecule has 0 saturated carbocycles. The lowest BCUT2D eigenvalue weighted by atomic mass is 10.1. The van der Waals surface area contributed by atoms with Gasteiger partial charge in [-0.1, -0.05) is 12.1 Å². The van der Waals surface area contributed by atoms with Gasteiger partial charge in [0.1, 0.15) is 11.5 Å². The minimum absolute atomic E-state index is 0. The molecule has 0 spiro atoms. The van der Waals surface area contributed by atoms with Crippen molar-refractivity contribution < 1.29 is 19.1 Å². The fourth-order valence-corrected chi connectivity index (χ4v) is 1.90. The van der Waals surface area contributed by atoms with Crippen molar-refractivity contribution in [1.29, 1.82) is 0 Å². The quantitative estimate of drug-likeness (QED) is 0.605. The molecular formula is C16H20ClNO4. The molecule has 0 aliphatic heterocycles. The predicted octanol–water partition coefficient (Wildman–Crippen LogP) is 2.63. The first-order chi connectivity index (χ1) is 10.2. The fourth-order valence-electron chi connectivity index (χ4n) is 1.90. The summed E-state index contributed by atoms with van der Waals surface area (Å²) in [7, 11) is 0. The van der Waals surface area contributed by atoms with E-state index in [0.29, 0.717) is 25.3 Å². The molecule has 0 aliphatic rings. The van der Waals surface area contributed by atoms with E-state index in [1.54, 1.807) is 19.1 Å². The van der Waals surface area contributed by atoms with Crippen LogP contribution in [-0.4, -0.2) is 30.8 Å². The monoisotopic (exact) mass is 325 g/mol. The summed E-state index contributed by atoms with van der Waals surface area (Å²) in [5.74, 6) is 1.22. The van der Waals surface area contributed by atoms with E-state index in [9.17, 15) is 4.79 Å². The van der Waals surface area contributed by atoms with Crippen LogP contribution < -0.4 is 5.32 Å². The van der Waals surface area contributed by atoms with Crippen LogP contribution >= 0.6 is 12.4 Å². The van der Waals surface area contributed by atoms with Crippen molar-refractivity contribution in [3.8, 4) is 11.3 Å². The molecule has 0 fully saturated rings. The van der Waals surface area contributed by atoms with Crippen molar-refractivity contribution in [2.24, 2.45) is 0 Å². The number of carbonyl (C=O) groups is 1. The van der Waals surface area contributed by atoms with Gasteiger partial charge in [0.15, 0.2) is 0 Å². The smallest absolute Gasteiger partial charge is 0.338 e. The summed E-state index contributed by atoms with van der Waals surface area (Å²) in [6.07, 6.45) is 0. The zero-order valence-corrected chi connectivity index (χ0v) is 13.2. The molecule has 0 unspecified atom stereocenters. The van der Waals surface area contributed by atoms with Crippen LogP contribution in [0, 0.1) is 0 Å². The second-order valence-electron chi connectivity index (χ2n) is 4.46. The fraction of sp³-hybridized carbons (Fsp3) is 0.312. The molecule has 0 radical (unpaired) electrons. The maximum Gasteiger partial charge on any atom is 0.338 e. The van der Waals surface area contributed by atoms with Crippen molar-refractivity contribution in [3.05, 3.63) is 47.7 Å². The van der Waals surface area contributed by atoms with E-state index in [-0.39, 0.29) is 25.0 Å². The molecular weight excluding hydrogens is 306 g/mol. The highest BCUT2D eigenvalue weighted by Crippen LogP contribution is 2.22. The van der Waals surface area contributed by atoms with Crippen molar-refractivity contribution in [2.45, 2.75) is 13.5 Å². The maximum absolute atomic E-state index is 11.6. The Morgan fingerprint density at radius 1 is 1.23 bits per heavy atom. The summed E-state index contributed by atoms with van der Waals surface area (Å²) >= 11 is 0. The average Bonchev–Trinajstić information content (AvgIpc) is 2.97. The zero-order chi connectivity index (χ0) is 15.1. The van der Waals surface area contributed by atoms with Crippen LogP contribution in [0.15, 0.2) is 40.8 Å². The van der Waals surface area contributed by atoms with E-state index in [2.05, 4.69) is 5.32 Å². The van der Waals surface area contributed by atoms with Gasteiger partial charge in [-0.05, 0) is 31.2 Å². The number of ether oxygens (including phenoxy) is 1. The Balaban J connectivity index is 0.00000242. The van der Waals surface area contributed by atoms with Crippen molar-refractivity contribution in [1.82, 2.24) is 5.32 Å². The van der Waals surface area contributed by atoms with Crippen molar-refractivity contribution in [2.75, 3.05) is 19.8 Å². The van der Waals surface area contributed by atoms with Gasteiger partial charge in [-0.2, -0.15) is 0 Å². The third kappa shape index (κ3) is 4.87. The molecule has 5 nitrogen and oxygen atoms in total. The number of aliphatic hydroxyl groups is 1. The van der Waals surface area contributed by atoms with E-state index < -0.39 is 0 Å². The number of benzene rings is 1. The number of aliphatic hydroxyl groups excluding tert-OH is 1. The molecule has 0 saturated heterocycles. The minimum atomic E-state index is -0.322. The molecule has 22 heavy (non-hydrogen) atoms. The highest BCUT2D eigenvalue weighted by atomic mass is 35.5. The van der Waals surface area contributed by atoms with Crippen LogP contribution in [0.3, 0.4) is 0 Å². The molecule has 1 aromatic carbocycles. The normalized spacial score (nSPS) is 10.1. The summed E-state index contributed by atoms with van der Waals surface area (Å²) in [4.78, 5) is 11.6. The number of carbonyl (C=O) groups excluding carboxylic acids is 1. The lowest BCUT2D eigenvalue weighted by Crippen LogP contribution is -2.16. The first kappa shape index (κ1) is 18.2. The molecule has 0 atom stereocenters. The van der Waals surface area contributed by atoms with Gasteiger partial charge in [0.05, 0.1) is 25.3 Å². The lowest BCUT2D eigenvalue weighted by molar-refractivity contribution is 0.0526. The van der Waals surface area contributed by atoms with Gasteiger partial charge in [0, 0.05) is 12.1 Å². The first-order valence-electron chi connectivity index (χ1n) is 6.92. The van der Waals surface area contributed by atoms with Gasteiger partial charge in [-0.15, -0.1) is 12.4 Å². The summed E-state index contributed by atoms with van der Waals surface area (Å²) in [6.45, 7) is 3.35. The molecule has 0 bridgehead atoms. The van der Waals surface area contributed by atoms with Crippen molar-refractivity contribution in [3.63, 3.8) is 0 Å². The molecule has 2 rings (SSSR count). The molecule has 120 valence electrons. The Labute approximate surface area is 135 Å². The van der Waals surface area contributed by atoms with E-state index in [0.717, 1.165) is 17.1 Å². The number of esters is 1. The third-order valence-corrected chi connectivity index (χ3v) is 2.93. The van der Waals surface area contributed by atoms with Gasteiger partial charge in [0.25, 0.3) is 0 Å². The predicted molar refractivity (Wildman–Crippen MR) is 86.1 cm³/mol. The number of rotatable bonds is 7. The number of nitrogens with one attached hydrogen (secondary N) is 1. The summed E-state index contributed by atoms with van der Waals surface area (Å²) < 4.78 is 10.6. The van der Waals surface area contributed by atoms with Crippen LogP contribution in [0.1, 0.15) is 23.0 Å². The molecule has 2 N–H and O–H groups in total. The molecule has 6 heteroatoms. The van der Waals surface area contributed by atoms with Crippen molar-refractivity contribution >= 4 is 18.4 Å². The maximum atomic E-state index is 11.6. The van der Waals surface area contributed by atoms with E-state index in [1.165, 1.54) is 0 Å². The van der Waals surface area contributed by atoms with Gasteiger partial charge in [-0.25, -0.2) is 4.79 Å². The third-order valence-electron chi connectivity index (χ3n) is 2.93. The molecule has 0 amide bonds.